The summed E-state index contributed by atoms with van der Waals surface area (Å²) >= 11 is 7.51. The highest BCUT2D eigenvalue weighted by atomic mass is 35.5. The summed E-state index contributed by atoms with van der Waals surface area (Å²) in [5.41, 5.74) is 2.51. The topological polar surface area (TPSA) is 58.1 Å². The van der Waals surface area contributed by atoms with Gasteiger partial charge in [-0.2, -0.15) is 0 Å². The van der Waals surface area contributed by atoms with E-state index < -0.39 is 0 Å². The summed E-state index contributed by atoms with van der Waals surface area (Å²) in [6, 6.07) is 22.6. The minimum Gasteiger partial charge on any atom is -0.356 e. The van der Waals surface area contributed by atoms with Gasteiger partial charge in [0.1, 0.15) is 11.0 Å². The largest absolute Gasteiger partial charge is 0.356 e. The molecule has 2 aromatic carbocycles. The summed E-state index contributed by atoms with van der Waals surface area (Å²) in [7, 11) is 0. The number of nitrogens with zero attached hydrogens (tertiary/aromatic N) is 3. The summed E-state index contributed by atoms with van der Waals surface area (Å²) in [5.74, 6) is 1.32. The molecule has 1 aromatic heterocycles. The van der Waals surface area contributed by atoms with E-state index in [0.717, 1.165) is 25.3 Å². The van der Waals surface area contributed by atoms with Crippen molar-refractivity contribution in [1.82, 2.24) is 15.3 Å². The molecule has 0 unspecified atom stereocenters. The number of hydrogen-bond donors (Lipinski definition) is 1. The average molecular weight is 467 g/mol. The van der Waals surface area contributed by atoms with Gasteiger partial charge in [-0.15, -0.1) is 0 Å². The molecule has 1 amide bonds. The SMILES string of the molecule is O=C(CSc1nc(Cl)cc(N2CCCC2)n1)NCCC(c1ccccc1)c1ccccc1. The van der Waals surface area contributed by atoms with Crippen molar-refractivity contribution in [2.75, 3.05) is 30.3 Å². The van der Waals surface area contributed by atoms with Gasteiger partial charge in [-0.25, -0.2) is 9.97 Å². The number of thioether (sulfide) groups is 1. The van der Waals surface area contributed by atoms with Crippen molar-refractivity contribution in [2.45, 2.75) is 30.3 Å². The quantitative estimate of drug-likeness (QED) is 0.268. The molecule has 0 radical (unpaired) electrons. The normalized spacial score (nSPS) is 13.5. The Bertz CT molecular complexity index is 973. The Morgan fingerprint density at radius 3 is 2.25 bits per heavy atom. The minimum absolute atomic E-state index is 0.0267. The standard InChI is InChI=1S/C25H27ClN4OS/c26-22-17-23(30-15-7-8-16-30)29-25(28-22)32-18-24(31)27-14-13-21(19-9-3-1-4-10-19)20-11-5-2-6-12-20/h1-6,9-12,17,21H,7-8,13-16,18H2,(H,27,31). The molecule has 0 spiro atoms. The maximum absolute atomic E-state index is 12.5. The van der Waals surface area contributed by atoms with Crippen LogP contribution in [0.4, 0.5) is 5.82 Å². The third kappa shape index (κ3) is 6.24. The van der Waals surface area contributed by atoms with E-state index in [4.69, 9.17) is 11.6 Å². The van der Waals surface area contributed by atoms with Crippen LogP contribution in [0, 0.1) is 0 Å². The molecular formula is C25H27ClN4OS. The molecule has 1 aliphatic heterocycles. The van der Waals surface area contributed by atoms with Crippen LogP contribution < -0.4 is 10.2 Å². The molecule has 0 atom stereocenters. The molecule has 0 bridgehead atoms. The van der Waals surface area contributed by atoms with Crippen molar-refractivity contribution < 1.29 is 4.79 Å². The van der Waals surface area contributed by atoms with Gasteiger partial charge in [0.25, 0.3) is 0 Å². The summed E-state index contributed by atoms with van der Waals surface area (Å²) < 4.78 is 0. The van der Waals surface area contributed by atoms with Crippen LogP contribution in [0.15, 0.2) is 71.9 Å². The van der Waals surface area contributed by atoms with Crippen LogP contribution in [-0.2, 0) is 4.79 Å². The molecule has 1 saturated heterocycles. The van der Waals surface area contributed by atoms with E-state index in [1.54, 1.807) is 6.07 Å². The van der Waals surface area contributed by atoms with Gasteiger partial charge in [-0.3, -0.25) is 4.79 Å². The number of carbonyl (C=O) groups is 1. The summed E-state index contributed by atoms with van der Waals surface area (Å²) in [5, 5.41) is 4.01. The lowest BCUT2D eigenvalue weighted by Crippen LogP contribution is -2.27. The number of benzene rings is 2. The molecule has 1 aliphatic rings. The van der Waals surface area contributed by atoms with Crippen molar-refractivity contribution in [1.29, 1.82) is 0 Å². The van der Waals surface area contributed by atoms with Crippen LogP contribution in [0.25, 0.3) is 0 Å². The lowest BCUT2D eigenvalue weighted by Gasteiger charge is -2.18. The second-order valence-electron chi connectivity index (χ2n) is 7.83. The molecular weight excluding hydrogens is 440 g/mol. The van der Waals surface area contributed by atoms with E-state index in [-0.39, 0.29) is 17.6 Å². The summed E-state index contributed by atoms with van der Waals surface area (Å²) in [6.45, 7) is 2.58. The average Bonchev–Trinajstić information content (AvgIpc) is 3.37. The molecule has 0 aliphatic carbocycles. The van der Waals surface area contributed by atoms with Gasteiger partial charge >= 0.3 is 0 Å². The minimum atomic E-state index is -0.0267. The van der Waals surface area contributed by atoms with Gasteiger partial charge in [0.05, 0.1) is 5.75 Å². The van der Waals surface area contributed by atoms with E-state index in [1.165, 1.54) is 35.7 Å². The Kier molecular flexibility index (Phi) is 8.02. The first-order chi connectivity index (χ1) is 15.7. The Hall–Kier alpha value is -2.57. The predicted molar refractivity (Wildman–Crippen MR) is 132 cm³/mol. The molecule has 4 rings (SSSR count). The zero-order chi connectivity index (χ0) is 22.2. The second-order valence-corrected chi connectivity index (χ2v) is 9.16. The molecule has 0 saturated carbocycles. The predicted octanol–water partition coefficient (Wildman–Crippen LogP) is 5.16. The van der Waals surface area contributed by atoms with Gasteiger partial charge < -0.3 is 10.2 Å². The fourth-order valence-corrected chi connectivity index (χ4v) is 4.90. The van der Waals surface area contributed by atoms with Crippen molar-refractivity contribution in [3.05, 3.63) is 83.0 Å². The molecule has 7 heteroatoms. The Morgan fingerprint density at radius 1 is 1.00 bits per heavy atom. The molecule has 5 nitrogen and oxygen atoms in total. The van der Waals surface area contributed by atoms with Crippen molar-refractivity contribution in [3.8, 4) is 0 Å². The molecule has 1 N–H and O–H groups in total. The first kappa shape index (κ1) is 22.6. The summed E-state index contributed by atoms with van der Waals surface area (Å²) in [4.78, 5) is 23.5. The highest BCUT2D eigenvalue weighted by Crippen LogP contribution is 2.27. The summed E-state index contributed by atoms with van der Waals surface area (Å²) in [6.07, 6.45) is 3.16. The first-order valence-corrected chi connectivity index (χ1v) is 12.3. The number of carbonyl (C=O) groups excluding carboxylic acids is 1. The first-order valence-electron chi connectivity index (χ1n) is 11.0. The van der Waals surface area contributed by atoms with Gasteiger partial charge in [0.2, 0.25) is 5.91 Å². The maximum Gasteiger partial charge on any atom is 0.230 e. The maximum atomic E-state index is 12.5. The number of rotatable bonds is 9. The van der Waals surface area contributed by atoms with Crippen molar-refractivity contribution in [3.63, 3.8) is 0 Å². The van der Waals surface area contributed by atoms with E-state index >= 15 is 0 Å². The van der Waals surface area contributed by atoms with Gasteiger partial charge in [0, 0.05) is 31.6 Å². The monoisotopic (exact) mass is 466 g/mol. The van der Waals surface area contributed by atoms with Gasteiger partial charge in [0.15, 0.2) is 5.16 Å². The van der Waals surface area contributed by atoms with Crippen LogP contribution in [0.1, 0.15) is 36.3 Å². The van der Waals surface area contributed by atoms with Gasteiger partial charge in [-0.05, 0) is 30.4 Å². The number of aromatic nitrogens is 2. The van der Waals surface area contributed by atoms with E-state index in [2.05, 4.69) is 68.7 Å². The van der Waals surface area contributed by atoms with E-state index in [9.17, 15) is 4.79 Å². The lowest BCUT2D eigenvalue weighted by atomic mass is 9.88. The molecule has 32 heavy (non-hydrogen) atoms. The zero-order valence-corrected chi connectivity index (χ0v) is 19.5. The Balaban J connectivity index is 1.31. The zero-order valence-electron chi connectivity index (χ0n) is 17.9. The number of anilines is 1. The van der Waals surface area contributed by atoms with Gasteiger partial charge in [-0.1, -0.05) is 84.0 Å². The second kappa shape index (κ2) is 11.3. The molecule has 2 heterocycles. The van der Waals surface area contributed by atoms with Crippen molar-refractivity contribution >= 4 is 35.1 Å². The Labute approximate surface area is 198 Å². The van der Waals surface area contributed by atoms with Crippen LogP contribution in [0.3, 0.4) is 0 Å². The Morgan fingerprint density at radius 2 is 1.62 bits per heavy atom. The number of nitrogens with one attached hydrogen (secondary N) is 1. The molecule has 3 aromatic rings. The molecule has 166 valence electrons. The van der Waals surface area contributed by atoms with Crippen molar-refractivity contribution in [2.24, 2.45) is 0 Å². The fraction of sp³-hybridized carbons (Fsp3) is 0.320. The van der Waals surface area contributed by atoms with Crippen LogP contribution in [0.2, 0.25) is 5.15 Å². The highest BCUT2D eigenvalue weighted by Gasteiger charge is 2.17. The smallest absolute Gasteiger partial charge is 0.230 e. The third-order valence-electron chi connectivity index (χ3n) is 5.58. The number of amides is 1. The van der Waals surface area contributed by atoms with Crippen LogP contribution in [-0.4, -0.2) is 41.3 Å². The fourth-order valence-electron chi connectivity index (χ4n) is 3.99. The number of hydrogen-bond acceptors (Lipinski definition) is 5. The lowest BCUT2D eigenvalue weighted by molar-refractivity contribution is -0.118. The molecule has 1 fully saturated rings. The highest BCUT2D eigenvalue weighted by molar-refractivity contribution is 7.99. The van der Waals surface area contributed by atoms with Crippen LogP contribution >= 0.6 is 23.4 Å². The van der Waals surface area contributed by atoms with E-state index in [1.807, 2.05) is 12.1 Å². The van der Waals surface area contributed by atoms with E-state index in [0.29, 0.717) is 16.9 Å². The third-order valence-corrected chi connectivity index (χ3v) is 6.62. The number of halogens is 1. The van der Waals surface area contributed by atoms with Crippen LogP contribution in [0.5, 0.6) is 0 Å².